The van der Waals surface area contributed by atoms with E-state index >= 15 is 0 Å². The molecule has 8 heteroatoms. The lowest BCUT2D eigenvalue weighted by Gasteiger charge is -2.26. The highest BCUT2D eigenvalue weighted by Crippen LogP contribution is 2.31. The largest absolute Gasteiger partial charge is 0.302 e. The Hall–Kier alpha value is -1.96. The fourth-order valence-corrected chi connectivity index (χ4v) is 5.36. The average Bonchev–Trinajstić information content (AvgIpc) is 2.91. The van der Waals surface area contributed by atoms with Crippen molar-refractivity contribution in [1.82, 2.24) is 19.5 Å². The Labute approximate surface area is 157 Å². The number of sulfone groups is 1. The van der Waals surface area contributed by atoms with Crippen LogP contribution in [0.25, 0.3) is 5.65 Å². The molecule has 0 N–H and O–H groups in total. The zero-order chi connectivity index (χ0) is 18.6. The fraction of sp³-hybridized carbons (Fsp3) is 0.333. The fourth-order valence-electron chi connectivity index (χ4n) is 3.52. The van der Waals surface area contributed by atoms with Crippen molar-refractivity contribution in [2.24, 2.45) is 0 Å². The number of fused-ring (bicyclic) bond motifs is 3. The summed E-state index contributed by atoms with van der Waals surface area (Å²) < 4.78 is 28.2. The van der Waals surface area contributed by atoms with Crippen LogP contribution >= 0.6 is 11.6 Å². The first-order valence-corrected chi connectivity index (χ1v) is 10.2. The molecule has 0 amide bonds. The van der Waals surface area contributed by atoms with Crippen LogP contribution in [0.3, 0.4) is 0 Å². The molecule has 6 nitrogen and oxygen atoms in total. The van der Waals surface area contributed by atoms with Gasteiger partial charge in [0.05, 0.1) is 16.3 Å². The van der Waals surface area contributed by atoms with Gasteiger partial charge in [-0.2, -0.15) is 5.10 Å². The molecule has 0 spiro atoms. The quantitative estimate of drug-likeness (QED) is 0.673. The van der Waals surface area contributed by atoms with Crippen LogP contribution in [0.15, 0.2) is 34.1 Å². The van der Waals surface area contributed by atoms with Crippen LogP contribution in [0, 0.1) is 13.8 Å². The van der Waals surface area contributed by atoms with Crippen LogP contribution in [0.4, 0.5) is 0 Å². The molecule has 26 heavy (non-hydrogen) atoms. The minimum Gasteiger partial charge on any atom is -0.302 e. The van der Waals surface area contributed by atoms with Crippen molar-refractivity contribution < 1.29 is 8.42 Å². The van der Waals surface area contributed by atoms with E-state index < -0.39 is 9.84 Å². The average molecular weight is 391 g/mol. The molecule has 0 fully saturated rings. The van der Waals surface area contributed by atoms with Crippen molar-refractivity contribution in [1.29, 1.82) is 0 Å². The summed E-state index contributed by atoms with van der Waals surface area (Å²) in [5.41, 5.74) is 3.86. The molecule has 0 atom stereocenters. The maximum absolute atomic E-state index is 13.3. The standard InChI is InChI=1S/C18H19ClN4O2S/c1-11-15-10-22(3)8-7-16(15)23-18(20-11)17(12(2)21-23)26(24,25)14-6-4-5-13(19)9-14/h4-6,9H,7-8,10H2,1-3H3. The summed E-state index contributed by atoms with van der Waals surface area (Å²) in [6.07, 6.45) is 0.809. The molecule has 0 saturated heterocycles. The second-order valence-electron chi connectivity index (χ2n) is 6.72. The van der Waals surface area contributed by atoms with Crippen LogP contribution in [0.1, 0.15) is 22.6 Å². The van der Waals surface area contributed by atoms with Gasteiger partial charge in [-0.05, 0) is 39.1 Å². The summed E-state index contributed by atoms with van der Waals surface area (Å²) in [6.45, 7) is 5.33. The number of likely N-dealkylation sites (N-methyl/N-ethyl adjacent to an activating group) is 1. The molecule has 0 saturated carbocycles. The summed E-state index contributed by atoms with van der Waals surface area (Å²) in [5.74, 6) is 0. The lowest BCUT2D eigenvalue weighted by molar-refractivity contribution is 0.306. The van der Waals surface area contributed by atoms with Gasteiger partial charge in [-0.15, -0.1) is 0 Å². The summed E-state index contributed by atoms with van der Waals surface area (Å²) >= 11 is 6.00. The SMILES string of the molecule is Cc1nc2c(S(=O)(=O)c3cccc(Cl)c3)c(C)nn2c2c1CN(C)CC2. The lowest BCUT2D eigenvalue weighted by Crippen LogP contribution is -2.29. The predicted octanol–water partition coefficient (Wildman–Crippen LogP) is 2.82. The van der Waals surface area contributed by atoms with Crippen LogP contribution in [0.5, 0.6) is 0 Å². The third-order valence-electron chi connectivity index (χ3n) is 4.83. The molecule has 0 unspecified atom stereocenters. The van der Waals surface area contributed by atoms with Crippen molar-refractivity contribution >= 4 is 27.1 Å². The molecule has 0 radical (unpaired) electrons. The van der Waals surface area contributed by atoms with E-state index in [-0.39, 0.29) is 9.79 Å². The lowest BCUT2D eigenvalue weighted by atomic mass is 10.0. The van der Waals surface area contributed by atoms with Gasteiger partial charge in [-0.3, -0.25) is 0 Å². The number of aromatic nitrogens is 3. The summed E-state index contributed by atoms with van der Waals surface area (Å²) in [5, 5.41) is 4.91. The van der Waals surface area contributed by atoms with E-state index in [0.29, 0.717) is 16.4 Å². The van der Waals surface area contributed by atoms with Gasteiger partial charge in [0.1, 0.15) is 4.90 Å². The Balaban J connectivity index is 2.00. The monoisotopic (exact) mass is 390 g/mol. The van der Waals surface area contributed by atoms with Gasteiger partial charge in [0, 0.05) is 35.8 Å². The van der Waals surface area contributed by atoms with Crippen molar-refractivity contribution in [2.75, 3.05) is 13.6 Å². The molecule has 1 aliphatic rings. The molecule has 0 bridgehead atoms. The first-order valence-electron chi connectivity index (χ1n) is 8.36. The second kappa shape index (κ2) is 6.04. The number of hydrogen-bond acceptors (Lipinski definition) is 5. The molecule has 2 aromatic heterocycles. The second-order valence-corrected chi connectivity index (χ2v) is 9.04. The van der Waals surface area contributed by atoms with Crippen molar-refractivity contribution in [3.05, 3.63) is 51.9 Å². The predicted molar refractivity (Wildman–Crippen MR) is 99.4 cm³/mol. The number of rotatable bonds is 2. The molecule has 136 valence electrons. The van der Waals surface area contributed by atoms with Crippen LogP contribution in [-0.2, 0) is 22.8 Å². The van der Waals surface area contributed by atoms with E-state index in [1.165, 1.54) is 6.07 Å². The number of benzene rings is 1. The van der Waals surface area contributed by atoms with Crippen molar-refractivity contribution in [2.45, 2.75) is 36.6 Å². The summed E-state index contributed by atoms with van der Waals surface area (Å²) in [7, 11) is -1.70. The molecular formula is C18H19ClN4O2S. The van der Waals surface area contributed by atoms with E-state index in [2.05, 4.69) is 22.0 Å². The van der Waals surface area contributed by atoms with Crippen LogP contribution in [-0.4, -0.2) is 41.5 Å². The van der Waals surface area contributed by atoms with E-state index in [0.717, 1.165) is 36.5 Å². The van der Waals surface area contributed by atoms with Gasteiger partial charge in [0.2, 0.25) is 9.84 Å². The Morgan fingerprint density at radius 1 is 1.19 bits per heavy atom. The van der Waals surface area contributed by atoms with Crippen LogP contribution < -0.4 is 0 Å². The van der Waals surface area contributed by atoms with E-state index in [9.17, 15) is 8.42 Å². The summed E-state index contributed by atoms with van der Waals surface area (Å²) in [6, 6.07) is 6.29. The maximum atomic E-state index is 13.3. The van der Waals surface area contributed by atoms with Gasteiger partial charge in [-0.1, -0.05) is 17.7 Å². The maximum Gasteiger partial charge on any atom is 0.212 e. The topological polar surface area (TPSA) is 67.6 Å². The Bertz CT molecular complexity index is 1140. The first kappa shape index (κ1) is 17.5. The van der Waals surface area contributed by atoms with Crippen molar-refractivity contribution in [3.8, 4) is 0 Å². The van der Waals surface area contributed by atoms with Crippen LogP contribution in [0.2, 0.25) is 5.02 Å². The highest BCUT2D eigenvalue weighted by Gasteiger charge is 2.30. The molecule has 0 aliphatic carbocycles. The molecule has 3 aromatic rings. The molecule has 1 aromatic carbocycles. The highest BCUT2D eigenvalue weighted by molar-refractivity contribution is 7.91. The summed E-state index contributed by atoms with van der Waals surface area (Å²) in [4.78, 5) is 7.15. The van der Waals surface area contributed by atoms with E-state index in [4.69, 9.17) is 11.6 Å². The Morgan fingerprint density at radius 3 is 2.69 bits per heavy atom. The zero-order valence-electron chi connectivity index (χ0n) is 14.8. The Kier molecular flexibility index (Phi) is 4.06. The number of nitrogens with zero attached hydrogens (tertiary/aromatic N) is 4. The van der Waals surface area contributed by atoms with Crippen molar-refractivity contribution in [3.63, 3.8) is 0 Å². The van der Waals surface area contributed by atoms with Gasteiger partial charge in [0.15, 0.2) is 5.65 Å². The van der Waals surface area contributed by atoms with E-state index in [1.807, 2.05) is 6.92 Å². The normalized spacial score (nSPS) is 15.4. The highest BCUT2D eigenvalue weighted by atomic mass is 35.5. The number of aryl methyl sites for hydroxylation is 2. The molecule has 4 rings (SSSR count). The van der Waals surface area contributed by atoms with Gasteiger partial charge in [-0.25, -0.2) is 17.9 Å². The first-order chi connectivity index (χ1) is 12.3. The molecule has 1 aliphatic heterocycles. The molecular weight excluding hydrogens is 372 g/mol. The smallest absolute Gasteiger partial charge is 0.212 e. The van der Waals surface area contributed by atoms with Gasteiger partial charge < -0.3 is 4.90 Å². The van der Waals surface area contributed by atoms with Gasteiger partial charge in [0.25, 0.3) is 0 Å². The Morgan fingerprint density at radius 2 is 1.96 bits per heavy atom. The number of hydrogen-bond donors (Lipinski definition) is 0. The minimum absolute atomic E-state index is 0.153. The third kappa shape index (κ3) is 2.62. The molecule has 3 heterocycles. The van der Waals surface area contributed by atoms with E-state index in [1.54, 1.807) is 29.6 Å². The minimum atomic E-state index is -3.77. The number of halogens is 1. The third-order valence-corrected chi connectivity index (χ3v) is 6.96. The zero-order valence-corrected chi connectivity index (χ0v) is 16.4. The van der Waals surface area contributed by atoms with Gasteiger partial charge >= 0.3 is 0 Å².